The van der Waals surface area contributed by atoms with E-state index in [1.54, 1.807) is 0 Å². The average Bonchev–Trinajstić information content (AvgIpc) is 2.37. The first-order chi connectivity index (χ1) is 7.95. The molecule has 16 heavy (non-hydrogen) atoms. The van der Waals surface area contributed by atoms with Crippen LogP contribution in [0, 0.1) is 5.92 Å². The highest BCUT2D eigenvalue weighted by Crippen LogP contribution is 2.15. The van der Waals surface area contributed by atoms with Gasteiger partial charge in [-0.2, -0.15) is 0 Å². The van der Waals surface area contributed by atoms with Crippen molar-refractivity contribution in [2.75, 3.05) is 32.8 Å². The van der Waals surface area contributed by atoms with Crippen molar-refractivity contribution in [1.82, 2.24) is 10.6 Å². The highest BCUT2D eigenvalue weighted by molar-refractivity contribution is 4.71. The maximum atomic E-state index is 5.72. The number of rotatable bonds is 5. The zero-order valence-electron chi connectivity index (χ0n) is 10.3. The summed E-state index contributed by atoms with van der Waals surface area (Å²) < 4.78 is 5.72. The summed E-state index contributed by atoms with van der Waals surface area (Å²) >= 11 is 0. The summed E-state index contributed by atoms with van der Waals surface area (Å²) in [5.41, 5.74) is 0. The number of ether oxygens (including phenoxy) is 1. The van der Waals surface area contributed by atoms with Gasteiger partial charge in [0.05, 0.1) is 6.10 Å². The number of nitrogens with one attached hydrogen (secondary N) is 2. The van der Waals surface area contributed by atoms with Crippen LogP contribution in [0.2, 0.25) is 0 Å². The van der Waals surface area contributed by atoms with Crippen LogP contribution in [0.15, 0.2) is 0 Å². The normalized spacial score (nSPS) is 28.1. The predicted molar refractivity (Wildman–Crippen MR) is 66.7 cm³/mol. The van der Waals surface area contributed by atoms with E-state index in [2.05, 4.69) is 10.6 Å². The van der Waals surface area contributed by atoms with Crippen molar-refractivity contribution in [3.05, 3.63) is 0 Å². The third kappa shape index (κ3) is 4.40. The molecule has 0 spiro atoms. The fourth-order valence-electron chi connectivity index (χ4n) is 2.69. The van der Waals surface area contributed by atoms with Gasteiger partial charge in [0.1, 0.15) is 0 Å². The maximum Gasteiger partial charge on any atom is 0.0587 e. The summed E-state index contributed by atoms with van der Waals surface area (Å²) in [6.45, 7) is 5.73. The summed E-state index contributed by atoms with van der Waals surface area (Å²) in [6.07, 6.45) is 8.31. The third-order valence-electron chi connectivity index (χ3n) is 3.81. The van der Waals surface area contributed by atoms with Crippen molar-refractivity contribution in [3.63, 3.8) is 0 Å². The van der Waals surface area contributed by atoms with E-state index in [0.29, 0.717) is 6.10 Å². The SMILES string of the molecule is C1CCC(CCNCC2CCNCC2)OC1. The minimum absolute atomic E-state index is 0.536. The molecule has 2 saturated heterocycles. The van der Waals surface area contributed by atoms with E-state index < -0.39 is 0 Å². The van der Waals surface area contributed by atoms with Gasteiger partial charge in [0.25, 0.3) is 0 Å². The Morgan fingerprint density at radius 1 is 1.12 bits per heavy atom. The van der Waals surface area contributed by atoms with Crippen LogP contribution in [0.4, 0.5) is 0 Å². The Labute approximate surface area is 99.3 Å². The largest absolute Gasteiger partial charge is 0.378 e. The summed E-state index contributed by atoms with van der Waals surface area (Å²) in [5.74, 6) is 0.897. The molecule has 0 aromatic rings. The molecule has 0 amide bonds. The first-order valence-electron chi connectivity index (χ1n) is 6.98. The van der Waals surface area contributed by atoms with Crippen LogP contribution in [-0.2, 0) is 4.74 Å². The van der Waals surface area contributed by atoms with E-state index in [4.69, 9.17) is 4.74 Å². The first-order valence-corrected chi connectivity index (χ1v) is 6.98. The Kier molecular flexibility index (Phi) is 5.59. The van der Waals surface area contributed by atoms with E-state index in [1.165, 1.54) is 58.2 Å². The minimum atomic E-state index is 0.536. The van der Waals surface area contributed by atoms with Crippen LogP contribution in [0.1, 0.15) is 38.5 Å². The molecule has 0 saturated carbocycles. The standard InChI is InChI=1S/C13H26N2O/c1-2-10-16-13(3-1)6-9-15-11-12-4-7-14-8-5-12/h12-15H,1-11H2. The molecule has 2 fully saturated rings. The van der Waals surface area contributed by atoms with Crippen molar-refractivity contribution in [2.45, 2.75) is 44.6 Å². The molecule has 0 bridgehead atoms. The molecule has 0 aliphatic carbocycles. The second-order valence-corrected chi connectivity index (χ2v) is 5.17. The second kappa shape index (κ2) is 7.25. The van der Waals surface area contributed by atoms with Gasteiger partial charge in [0.2, 0.25) is 0 Å². The Morgan fingerprint density at radius 3 is 2.75 bits per heavy atom. The minimum Gasteiger partial charge on any atom is -0.378 e. The highest BCUT2D eigenvalue weighted by Gasteiger charge is 2.14. The zero-order valence-corrected chi connectivity index (χ0v) is 10.3. The third-order valence-corrected chi connectivity index (χ3v) is 3.81. The topological polar surface area (TPSA) is 33.3 Å². The lowest BCUT2D eigenvalue weighted by molar-refractivity contribution is 0.0114. The Bertz CT molecular complexity index is 155. The molecule has 1 atom stereocenters. The van der Waals surface area contributed by atoms with E-state index in [1.807, 2.05) is 0 Å². The molecular formula is C13H26N2O. The average molecular weight is 226 g/mol. The van der Waals surface area contributed by atoms with Crippen LogP contribution in [0.25, 0.3) is 0 Å². The van der Waals surface area contributed by atoms with Crippen LogP contribution in [0.5, 0.6) is 0 Å². The van der Waals surface area contributed by atoms with E-state index >= 15 is 0 Å². The maximum absolute atomic E-state index is 5.72. The summed E-state index contributed by atoms with van der Waals surface area (Å²) in [5, 5.41) is 7.00. The molecule has 94 valence electrons. The van der Waals surface area contributed by atoms with Crippen molar-refractivity contribution in [3.8, 4) is 0 Å². The second-order valence-electron chi connectivity index (χ2n) is 5.17. The van der Waals surface area contributed by atoms with E-state index in [0.717, 1.165) is 19.1 Å². The van der Waals surface area contributed by atoms with Crippen molar-refractivity contribution in [1.29, 1.82) is 0 Å². The lowest BCUT2D eigenvalue weighted by Crippen LogP contribution is -2.34. The van der Waals surface area contributed by atoms with Gasteiger partial charge in [-0.3, -0.25) is 0 Å². The first kappa shape index (κ1) is 12.3. The van der Waals surface area contributed by atoms with Gasteiger partial charge in [0, 0.05) is 6.61 Å². The lowest BCUT2D eigenvalue weighted by atomic mass is 9.98. The fraction of sp³-hybridized carbons (Fsp3) is 1.00. The smallest absolute Gasteiger partial charge is 0.0587 e. The molecule has 3 heteroatoms. The zero-order chi connectivity index (χ0) is 11.1. The molecule has 2 N–H and O–H groups in total. The lowest BCUT2D eigenvalue weighted by Gasteiger charge is -2.25. The van der Waals surface area contributed by atoms with Gasteiger partial charge >= 0.3 is 0 Å². The highest BCUT2D eigenvalue weighted by atomic mass is 16.5. The number of hydrogen-bond donors (Lipinski definition) is 2. The van der Waals surface area contributed by atoms with Gasteiger partial charge in [-0.25, -0.2) is 0 Å². The van der Waals surface area contributed by atoms with Gasteiger partial charge in [-0.1, -0.05) is 0 Å². The van der Waals surface area contributed by atoms with Gasteiger partial charge in [0.15, 0.2) is 0 Å². The molecule has 1 unspecified atom stereocenters. The Hall–Kier alpha value is -0.120. The summed E-state index contributed by atoms with van der Waals surface area (Å²) in [6, 6.07) is 0. The van der Waals surface area contributed by atoms with Crippen molar-refractivity contribution < 1.29 is 4.74 Å². The van der Waals surface area contributed by atoms with Gasteiger partial charge in [-0.05, 0) is 70.6 Å². The molecular weight excluding hydrogens is 200 g/mol. The Balaban J connectivity index is 1.47. The molecule has 0 aromatic carbocycles. The molecule has 3 nitrogen and oxygen atoms in total. The van der Waals surface area contributed by atoms with E-state index in [-0.39, 0.29) is 0 Å². The van der Waals surface area contributed by atoms with Gasteiger partial charge in [-0.15, -0.1) is 0 Å². The number of hydrogen-bond acceptors (Lipinski definition) is 3. The van der Waals surface area contributed by atoms with Crippen molar-refractivity contribution >= 4 is 0 Å². The van der Waals surface area contributed by atoms with Crippen LogP contribution in [-0.4, -0.2) is 38.9 Å². The van der Waals surface area contributed by atoms with Crippen LogP contribution < -0.4 is 10.6 Å². The van der Waals surface area contributed by atoms with Crippen LogP contribution in [0.3, 0.4) is 0 Å². The summed E-state index contributed by atoms with van der Waals surface area (Å²) in [7, 11) is 0. The molecule has 2 rings (SSSR count). The predicted octanol–water partition coefficient (Wildman–Crippen LogP) is 1.53. The molecule has 0 radical (unpaired) electrons. The quantitative estimate of drug-likeness (QED) is 0.698. The fourth-order valence-corrected chi connectivity index (χ4v) is 2.69. The summed E-state index contributed by atoms with van der Waals surface area (Å²) in [4.78, 5) is 0. The Morgan fingerprint density at radius 2 is 2.00 bits per heavy atom. The molecule has 2 heterocycles. The van der Waals surface area contributed by atoms with Crippen molar-refractivity contribution in [2.24, 2.45) is 5.92 Å². The monoisotopic (exact) mass is 226 g/mol. The molecule has 2 aliphatic rings. The van der Waals surface area contributed by atoms with Gasteiger partial charge < -0.3 is 15.4 Å². The number of piperidine rings is 1. The molecule has 0 aromatic heterocycles. The van der Waals surface area contributed by atoms with Crippen LogP contribution >= 0.6 is 0 Å². The molecule has 2 aliphatic heterocycles. The van der Waals surface area contributed by atoms with E-state index in [9.17, 15) is 0 Å².